The van der Waals surface area contributed by atoms with Crippen LogP contribution in [0, 0.1) is 6.07 Å². The van der Waals surface area contributed by atoms with E-state index in [-0.39, 0.29) is 0 Å². The maximum Gasteiger partial charge on any atom is 0.0227 e. The van der Waals surface area contributed by atoms with Crippen LogP contribution in [0.15, 0.2) is 42.5 Å². The van der Waals surface area contributed by atoms with E-state index < -0.39 is 0 Å². The summed E-state index contributed by atoms with van der Waals surface area (Å²) in [5.41, 5.74) is 10.7. The van der Waals surface area contributed by atoms with Crippen molar-refractivity contribution >= 4 is 0 Å². The molecule has 0 aliphatic heterocycles. The van der Waals surface area contributed by atoms with E-state index in [1.54, 1.807) is 0 Å². The SMILES string of the molecule is CN(C)Cc1cccc(-c2cc[c]cc2CN)c1. The Hall–Kier alpha value is -1.64. The van der Waals surface area contributed by atoms with Crippen molar-refractivity contribution in [3.05, 3.63) is 59.7 Å². The van der Waals surface area contributed by atoms with Crippen LogP contribution >= 0.6 is 0 Å². The molecule has 0 aromatic heterocycles. The lowest BCUT2D eigenvalue weighted by atomic mass is 9.98. The minimum absolute atomic E-state index is 0.546. The van der Waals surface area contributed by atoms with Gasteiger partial charge in [-0.3, -0.25) is 0 Å². The number of nitrogens with zero attached hydrogens (tertiary/aromatic N) is 1. The van der Waals surface area contributed by atoms with Gasteiger partial charge in [-0.2, -0.15) is 0 Å². The summed E-state index contributed by atoms with van der Waals surface area (Å²) in [5, 5.41) is 0. The molecule has 0 bridgehead atoms. The lowest BCUT2D eigenvalue weighted by Gasteiger charge is -2.12. The van der Waals surface area contributed by atoms with Crippen LogP contribution in [0.2, 0.25) is 0 Å². The lowest BCUT2D eigenvalue weighted by Crippen LogP contribution is -2.10. The van der Waals surface area contributed by atoms with Gasteiger partial charge in [0.15, 0.2) is 0 Å². The fourth-order valence-electron chi connectivity index (χ4n) is 2.12. The fraction of sp³-hybridized carbons (Fsp3) is 0.250. The van der Waals surface area contributed by atoms with Crippen LogP contribution in [0.4, 0.5) is 0 Å². The second kappa shape index (κ2) is 5.80. The first-order valence-corrected chi connectivity index (χ1v) is 6.14. The van der Waals surface area contributed by atoms with Crippen molar-refractivity contribution in [2.24, 2.45) is 5.73 Å². The molecule has 2 nitrogen and oxygen atoms in total. The molecule has 2 aromatic carbocycles. The predicted octanol–water partition coefficient (Wildman–Crippen LogP) is 2.67. The topological polar surface area (TPSA) is 29.3 Å². The van der Waals surface area contributed by atoms with Crippen LogP contribution in [-0.2, 0) is 13.1 Å². The Labute approximate surface area is 109 Å². The number of hydrogen-bond donors (Lipinski definition) is 1. The van der Waals surface area contributed by atoms with Crippen molar-refractivity contribution in [2.45, 2.75) is 13.1 Å². The number of rotatable bonds is 4. The number of benzene rings is 2. The monoisotopic (exact) mass is 239 g/mol. The first-order chi connectivity index (χ1) is 8.70. The normalized spacial score (nSPS) is 10.9. The summed E-state index contributed by atoms with van der Waals surface area (Å²) in [6, 6.07) is 17.7. The third kappa shape index (κ3) is 2.97. The Kier molecular flexibility index (Phi) is 4.13. The van der Waals surface area contributed by atoms with E-state index in [1.165, 1.54) is 16.7 Å². The molecule has 2 rings (SSSR count). The molecule has 0 spiro atoms. The molecule has 0 fully saturated rings. The second-order valence-corrected chi connectivity index (χ2v) is 4.73. The van der Waals surface area contributed by atoms with Gasteiger partial charge in [0.25, 0.3) is 0 Å². The van der Waals surface area contributed by atoms with Crippen LogP contribution in [0.3, 0.4) is 0 Å². The zero-order valence-electron chi connectivity index (χ0n) is 11.0. The van der Waals surface area contributed by atoms with Crippen LogP contribution < -0.4 is 5.73 Å². The smallest absolute Gasteiger partial charge is 0.0227 e. The maximum atomic E-state index is 5.78. The second-order valence-electron chi connectivity index (χ2n) is 4.73. The molecule has 0 aliphatic rings. The summed E-state index contributed by atoms with van der Waals surface area (Å²) in [6.45, 7) is 1.50. The van der Waals surface area contributed by atoms with E-state index in [0.29, 0.717) is 6.54 Å². The maximum absolute atomic E-state index is 5.78. The van der Waals surface area contributed by atoms with Gasteiger partial charge in [0.1, 0.15) is 0 Å². The minimum atomic E-state index is 0.546. The van der Waals surface area contributed by atoms with Gasteiger partial charge in [0.2, 0.25) is 0 Å². The number of nitrogens with two attached hydrogens (primary N) is 1. The van der Waals surface area contributed by atoms with Gasteiger partial charge < -0.3 is 10.6 Å². The van der Waals surface area contributed by atoms with Crippen molar-refractivity contribution in [3.8, 4) is 11.1 Å². The van der Waals surface area contributed by atoms with Crippen LogP contribution in [0.5, 0.6) is 0 Å². The molecule has 0 aliphatic carbocycles. The van der Waals surface area contributed by atoms with E-state index in [2.05, 4.69) is 55.4 Å². The molecular weight excluding hydrogens is 220 g/mol. The third-order valence-electron chi connectivity index (χ3n) is 2.91. The Balaban J connectivity index is 2.38. The summed E-state index contributed by atoms with van der Waals surface area (Å²) in [5.74, 6) is 0. The zero-order chi connectivity index (χ0) is 13.0. The predicted molar refractivity (Wildman–Crippen MR) is 76.0 cm³/mol. The quantitative estimate of drug-likeness (QED) is 0.888. The van der Waals surface area contributed by atoms with Crippen molar-refractivity contribution in [2.75, 3.05) is 14.1 Å². The van der Waals surface area contributed by atoms with Crippen LogP contribution in [0.25, 0.3) is 11.1 Å². The van der Waals surface area contributed by atoms with Crippen molar-refractivity contribution < 1.29 is 0 Å². The molecule has 2 aromatic rings. The van der Waals surface area contributed by atoms with E-state index in [4.69, 9.17) is 5.73 Å². The van der Waals surface area contributed by atoms with E-state index in [1.807, 2.05) is 12.1 Å². The average molecular weight is 239 g/mol. The van der Waals surface area contributed by atoms with Crippen molar-refractivity contribution in [1.29, 1.82) is 0 Å². The van der Waals surface area contributed by atoms with Crippen molar-refractivity contribution in [3.63, 3.8) is 0 Å². The molecule has 93 valence electrons. The molecule has 0 unspecified atom stereocenters. The Morgan fingerprint density at radius 1 is 1.22 bits per heavy atom. The van der Waals surface area contributed by atoms with Gasteiger partial charge >= 0.3 is 0 Å². The third-order valence-corrected chi connectivity index (χ3v) is 2.91. The van der Waals surface area contributed by atoms with Crippen LogP contribution in [0.1, 0.15) is 11.1 Å². The molecule has 18 heavy (non-hydrogen) atoms. The first-order valence-electron chi connectivity index (χ1n) is 6.14. The molecule has 0 saturated heterocycles. The molecular formula is C16H19N2. The molecule has 0 heterocycles. The Bertz CT molecular complexity index is 518. The summed E-state index contributed by atoms with van der Waals surface area (Å²) < 4.78 is 0. The molecule has 2 N–H and O–H groups in total. The standard InChI is InChI=1S/C16H19N2/c1-18(2)12-13-6-5-8-14(10-13)16-9-4-3-7-15(16)11-17/h4-10H,11-12,17H2,1-2H3. The summed E-state index contributed by atoms with van der Waals surface area (Å²) >= 11 is 0. The van der Waals surface area contributed by atoms with E-state index in [0.717, 1.165) is 12.1 Å². The Morgan fingerprint density at radius 3 is 2.78 bits per heavy atom. The first kappa shape index (κ1) is 12.8. The van der Waals surface area contributed by atoms with Gasteiger partial charge in [-0.15, -0.1) is 0 Å². The molecule has 0 amide bonds. The fourth-order valence-corrected chi connectivity index (χ4v) is 2.12. The molecule has 0 saturated carbocycles. The summed E-state index contributed by atoms with van der Waals surface area (Å²) in [7, 11) is 4.16. The van der Waals surface area contributed by atoms with Gasteiger partial charge in [0, 0.05) is 13.1 Å². The average Bonchev–Trinajstić information content (AvgIpc) is 2.38. The van der Waals surface area contributed by atoms with Gasteiger partial charge in [-0.1, -0.05) is 30.3 Å². The van der Waals surface area contributed by atoms with E-state index >= 15 is 0 Å². The summed E-state index contributed by atoms with van der Waals surface area (Å²) in [4.78, 5) is 2.17. The van der Waals surface area contributed by atoms with Crippen LogP contribution in [-0.4, -0.2) is 19.0 Å². The highest BCUT2D eigenvalue weighted by Gasteiger charge is 2.04. The Morgan fingerprint density at radius 2 is 2.06 bits per heavy atom. The minimum Gasteiger partial charge on any atom is -0.326 e. The molecule has 1 radical (unpaired) electrons. The van der Waals surface area contributed by atoms with Gasteiger partial charge in [-0.25, -0.2) is 0 Å². The number of hydrogen-bond acceptors (Lipinski definition) is 2. The van der Waals surface area contributed by atoms with Crippen molar-refractivity contribution in [1.82, 2.24) is 4.90 Å². The largest absolute Gasteiger partial charge is 0.326 e. The van der Waals surface area contributed by atoms with Gasteiger partial charge in [0.05, 0.1) is 0 Å². The highest BCUT2D eigenvalue weighted by Crippen LogP contribution is 2.24. The summed E-state index contributed by atoms with van der Waals surface area (Å²) in [6.07, 6.45) is 0. The highest BCUT2D eigenvalue weighted by molar-refractivity contribution is 5.67. The van der Waals surface area contributed by atoms with Gasteiger partial charge in [-0.05, 0) is 54.5 Å². The van der Waals surface area contributed by atoms with E-state index in [9.17, 15) is 0 Å². The molecule has 0 atom stereocenters. The zero-order valence-corrected chi connectivity index (χ0v) is 11.0. The highest BCUT2D eigenvalue weighted by atomic mass is 15.0. The lowest BCUT2D eigenvalue weighted by molar-refractivity contribution is 0.402. The molecule has 2 heteroatoms.